The highest BCUT2D eigenvalue weighted by atomic mass is 19.1. The van der Waals surface area contributed by atoms with E-state index in [1.54, 1.807) is 12.1 Å². The van der Waals surface area contributed by atoms with Crippen molar-refractivity contribution < 1.29 is 13.7 Å². The van der Waals surface area contributed by atoms with Crippen LogP contribution in [0.25, 0.3) is 0 Å². The van der Waals surface area contributed by atoms with Crippen LogP contribution in [0.3, 0.4) is 0 Å². The highest BCUT2D eigenvalue weighted by Gasteiger charge is 2.22. The highest BCUT2D eigenvalue weighted by molar-refractivity contribution is 5.76. The van der Waals surface area contributed by atoms with Crippen LogP contribution in [0, 0.1) is 5.82 Å². The zero-order valence-corrected chi connectivity index (χ0v) is 16.8. The molecule has 0 spiro atoms. The molecular formula is C21H30FN3O2. The molecule has 5 nitrogen and oxygen atoms in total. The van der Waals surface area contributed by atoms with Crippen LogP contribution in [0.5, 0.6) is 0 Å². The number of halogens is 1. The maximum Gasteiger partial charge on any atom is 0.227 e. The Bertz CT molecular complexity index is 720. The van der Waals surface area contributed by atoms with E-state index in [0.717, 1.165) is 24.8 Å². The van der Waals surface area contributed by atoms with Gasteiger partial charge in [-0.2, -0.15) is 4.98 Å². The molecule has 0 saturated heterocycles. The number of aromatic nitrogens is 2. The van der Waals surface area contributed by atoms with Gasteiger partial charge in [0.25, 0.3) is 0 Å². The number of carbonyl (C=O) groups excluding carboxylic acids is 1. The van der Waals surface area contributed by atoms with Crippen LogP contribution in [0.1, 0.15) is 70.7 Å². The first-order valence-corrected chi connectivity index (χ1v) is 9.65. The minimum absolute atomic E-state index is 0.0472. The third-order valence-electron chi connectivity index (χ3n) is 4.36. The number of amides is 1. The molecule has 0 aliphatic heterocycles. The Morgan fingerprint density at radius 2 is 1.89 bits per heavy atom. The van der Waals surface area contributed by atoms with Gasteiger partial charge in [0.05, 0.1) is 0 Å². The molecule has 0 atom stereocenters. The lowest BCUT2D eigenvalue weighted by Crippen LogP contribution is -2.31. The summed E-state index contributed by atoms with van der Waals surface area (Å²) in [6, 6.07) is 6.30. The summed E-state index contributed by atoms with van der Waals surface area (Å²) in [4.78, 5) is 19.0. The second-order valence-electron chi connectivity index (χ2n) is 7.91. The van der Waals surface area contributed by atoms with Crippen LogP contribution in [-0.4, -0.2) is 27.5 Å². The van der Waals surface area contributed by atoms with Crippen LogP contribution in [0.4, 0.5) is 4.39 Å². The Hall–Kier alpha value is -2.24. The fourth-order valence-corrected chi connectivity index (χ4v) is 2.69. The Morgan fingerprint density at radius 3 is 2.48 bits per heavy atom. The molecular weight excluding hydrogens is 345 g/mol. The zero-order chi connectivity index (χ0) is 19.9. The Labute approximate surface area is 161 Å². The lowest BCUT2D eigenvalue weighted by atomic mass is 9.96. The van der Waals surface area contributed by atoms with Gasteiger partial charge in [-0.25, -0.2) is 4.39 Å². The van der Waals surface area contributed by atoms with E-state index in [4.69, 9.17) is 4.52 Å². The summed E-state index contributed by atoms with van der Waals surface area (Å²) in [5.74, 6) is 0.916. The zero-order valence-electron chi connectivity index (χ0n) is 16.8. The molecule has 0 fully saturated rings. The molecule has 2 aromatic rings. The van der Waals surface area contributed by atoms with Gasteiger partial charge in [0, 0.05) is 31.3 Å². The molecule has 0 N–H and O–H groups in total. The van der Waals surface area contributed by atoms with E-state index in [1.165, 1.54) is 12.1 Å². The number of hydrogen-bond donors (Lipinski definition) is 0. The number of nitrogens with zero attached hydrogens (tertiary/aromatic N) is 3. The first-order valence-electron chi connectivity index (χ1n) is 9.65. The molecule has 148 valence electrons. The van der Waals surface area contributed by atoms with Crippen LogP contribution < -0.4 is 0 Å². The average molecular weight is 375 g/mol. The van der Waals surface area contributed by atoms with Crippen molar-refractivity contribution in [2.75, 3.05) is 6.54 Å². The number of benzene rings is 1. The fourth-order valence-electron chi connectivity index (χ4n) is 2.69. The van der Waals surface area contributed by atoms with E-state index in [-0.39, 0.29) is 17.1 Å². The third-order valence-corrected chi connectivity index (χ3v) is 4.36. The Balaban J connectivity index is 1.97. The van der Waals surface area contributed by atoms with Crippen molar-refractivity contribution >= 4 is 5.91 Å². The molecule has 1 heterocycles. The van der Waals surface area contributed by atoms with Crippen molar-refractivity contribution in [3.05, 3.63) is 47.4 Å². The van der Waals surface area contributed by atoms with Crippen molar-refractivity contribution in [2.24, 2.45) is 0 Å². The van der Waals surface area contributed by atoms with Gasteiger partial charge in [0.2, 0.25) is 11.8 Å². The second kappa shape index (κ2) is 9.62. The van der Waals surface area contributed by atoms with Crippen molar-refractivity contribution in [3.8, 4) is 0 Å². The molecule has 6 heteroatoms. The Morgan fingerprint density at radius 1 is 1.19 bits per heavy atom. The summed E-state index contributed by atoms with van der Waals surface area (Å²) < 4.78 is 18.4. The van der Waals surface area contributed by atoms with Crippen molar-refractivity contribution in [1.82, 2.24) is 15.0 Å². The van der Waals surface area contributed by atoms with E-state index >= 15 is 0 Å². The number of hydrogen-bond acceptors (Lipinski definition) is 4. The summed E-state index contributed by atoms with van der Waals surface area (Å²) >= 11 is 0. The van der Waals surface area contributed by atoms with E-state index < -0.39 is 0 Å². The molecule has 0 bridgehead atoms. The molecule has 0 aliphatic rings. The smallest absolute Gasteiger partial charge is 0.227 e. The summed E-state index contributed by atoms with van der Waals surface area (Å²) in [6.45, 7) is 9.37. The summed E-state index contributed by atoms with van der Waals surface area (Å²) in [7, 11) is 0. The molecule has 0 unspecified atom stereocenters. The van der Waals surface area contributed by atoms with E-state index in [1.807, 2.05) is 25.7 Å². The summed E-state index contributed by atoms with van der Waals surface area (Å²) in [5.41, 5.74) is 0.745. The van der Waals surface area contributed by atoms with Gasteiger partial charge in [0.15, 0.2) is 5.82 Å². The van der Waals surface area contributed by atoms with Gasteiger partial charge in [-0.15, -0.1) is 0 Å². The summed E-state index contributed by atoms with van der Waals surface area (Å²) in [6.07, 6.45) is 3.87. The monoisotopic (exact) mass is 375 g/mol. The highest BCUT2D eigenvalue weighted by Crippen LogP contribution is 2.19. The molecule has 1 amide bonds. The van der Waals surface area contributed by atoms with Gasteiger partial charge in [-0.3, -0.25) is 4.79 Å². The molecule has 0 radical (unpaired) electrons. The topological polar surface area (TPSA) is 59.2 Å². The van der Waals surface area contributed by atoms with Crippen molar-refractivity contribution in [3.63, 3.8) is 0 Å². The van der Waals surface area contributed by atoms with Crippen LogP contribution in [0.2, 0.25) is 0 Å². The van der Waals surface area contributed by atoms with E-state index in [9.17, 15) is 9.18 Å². The second-order valence-corrected chi connectivity index (χ2v) is 7.91. The lowest BCUT2D eigenvalue weighted by Gasteiger charge is -2.23. The summed E-state index contributed by atoms with van der Waals surface area (Å²) in [5, 5.41) is 4.00. The van der Waals surface area contributed by atoms with E-state index in [0.29, 0.717) is 37.6 Å². The maximum atomic E-state index is 13.1. The van der Waals surface area contributed by atoms with Crippen LogP contribution in [-0.2, 0) is 23.2 Å². The predicted octanol–water partition coefficient (Wildman–Crippen LogP) is 4.66. The SMILES string of the molecule is CCCCCN(Cc1ccc(F)cc1)C(=O)CCc1nc(C(C)(C)C)no1. The molecule has 0 aliphatic carbocycles. The quantitative estimate of drug-likeness (QED) is 0.598. The number of aryl methyl sites for hydroxylation is 1. The minimum Gasteiger partial charge on any atom is -0.339 e. The number of unbranched alkanes of at least 4 members (excludes halogenated alkanes) is 2. The van der Waals surface area contributed by atoms with Crippen molar-refractivity contribution in [2.45, 2.75) is 71.8 Å². The predicted molar refractivity (Wildman–Crippen MR) is 103 cm³/mol. The van der Waals surface area contributed by atoms with Crippen LogP contribution in [0.15, 0.2) is 28.8 Å². The first kappa shape index (κ1) is 21.1. The standard InChI is InChI=1S/C21H30FN3O2/c1-5-6-7-14-25(15-16-8-10-17(22)11-9-16)19(26)13-12-18-23-20(24-27-18)21(2,3)4/h8-11H,5-7,12-15H2,1-4H3. The van der Waals surface area contributed by atoms with Crippen molar-refractivity contribution in [1.29, 1.82) is 0 Å². The number of carbonyl (C=O) groups is 1. The molecule has 2 rings (SSSR count). The fraction of sp³-hybridized carbons (Fsp3) is 0.571. The third kappa shape index (κ3) is 6.77. The first-order chi connectivity index (χ1) is 12.8. The lowest BCUT2D eigenvalue weighted by molar-refractivity contribution is -0.132. The number of rotatable bonds is 9. The van der Waals surface area contributed by atoms with E-state index in [2.05, 4.69) is 17.1 Å². The Kier molecular flexibility index (Phi) is 7.51. The van der Waals surface area contributed by atoms with Gasteiger partial charge in [-0.1, -0.05) is 57.8 Å². The minimum atomic E-state index is -0.270. The molecule has 27 heavy (non-hydrogen) atoms. The van der Waals surface area contributed by atoms with Gasteiger partial charge in [0.1, 0.15) is 5.82 Å². The van der Waals surface area contributed by atoms with Crippen LogP contribution >= 0.6 is 0 Å². The molecule has 0 saturated carbocycles. The van der Waals surface area contributed by atoms with Gasteiger partial charge < -0.3 is 9.42 Å². The normalized spacial score (nSPS) is 11.6. The molecule has 1 aromatic carbocycles. The molecule has 1 aromatic heterocycles. The van der Waals surface area contributed by atoms with Gasteiger partial charge in [-0.05, 0) is 24.1 Å². The average Bonchev–Trinajstić information content (AvgIpc) is 3.10. The van der Waals surface area contributed by atoms with Gasteiger partial charge >= 0.3 is 0 Å². The largest absolute Gasteiger partial charge is 0.339 e. The maximum absolute atomic E-state index is 13.1.